The summed E-state index contributed by atoms with van der Waals surface area (Å²) in [5.41, 5.74) is 6.43. The molecule has 0 atom stereocenters. The van der Waals surface area contributed by atoms with Crippen LogP contribution in [0.15, 0.2) is 6.07 Å². The number of aromatic nitrogens is 2. The lowest BCUT2D eigenvalue weighted by Crippen LogP contribution is -2.44. The van der Waals surface area contributed by atoms with Crippen molar-refractivity contribution in [1.82, 2.24) is 14.9 Å². The Labute approximate surface area is 101 Å². The molecule has 0 spiro atoms. The third kappa shape index (κ3) is 2.83. The Hall–Kier alpha value is -1.40. The van der Waals surface area contributed by atoms with Gasteiger partial charge >= 0.3 is 6.01 Å². The molecule has 0 radical (unpaired) electrons. The van der Waals surface area contributed by atoms with Crippen molar-refractivity contribution in [2.24, 2.45) is 5.73 Å². The lowest BCUT2D eigenvalue weighted by molar-refractivity contribution is 0.311. The van der Waals surface area contributed by atoms with E-state index in [1.165, 1.54) is 0 Å². The third-order valence-corrected chi connectivity index (χ3v) is 2.96. The summed E-state index contributed by atoms with van der Waals surface area (Å²) in [5.74, 6) is 0.908. The topological polar surface area (TPSA) is 67.5 Å². The molecule has 2 rings (SSSR count). The van der Waals surface area contributed by atoms with Gasteiger partial charge < -0.3 is 20.3 Å². The highest BCUT2D eigenvalue weighted by atomic mass is 16.5. The molecule has 6 nitrogen and oxygen atoms in total. The van der Waals surface area contributed by atoms with Gasteiger partial charge in [-0.15, -0.1) is 0 Å². The van der Waals surface area contributed by atoms with E-state index in [1.54, 1.807) is 7.11 Å². The monoisotopic (exact) mass is 237 g/mol. The number of hydrogen-bond acceptors (Lipinski definition) is 6. The van der Waals surface area contributed by atoms with Crippen LogP contribution in [0.5, 0.6) is 6.01 Å². The molecule has 0 unspecified atom stereocenters. The SMILES string of the molecule is COc1nc(CN)cc(N2CCN(C)CC2)n1. The van der Waals surface area contributed by atoms with Gasteiger partial charge in [0, 0.05) is 38.8 Å². The first-order valence-corrected chi connectivity index (χ1v) is 5.78. The second-order valence-corrected chi connectivity index (χ2v) is 4.20. The van der Waals surface area contributed by atoms with Crippen molar-refractivity contribution >= 4 is 5.82 Å². The number of nitrogens with zero attached hydrogens (tertiary/aromatic N) is 4. The third-order valence-electron chi connectivity index (χ3n) is 2.96. The highest BCUT2D eigenvalue weighted by molar-refractivity contribution is 5.41. The van der Waals surface area contributed by atoms with Crippen molar-refractivity contribution in [1.29, 1.82) is 0 Å². The van der Waals surface area contributed by atoms with Crippen LogP contribution in [0, 0.1) is 0 Å². The van der Waals surface area contributed by atoms with Crippen LogP contribution in [-0.4, -0.2) is 55.2 Å². The number of piperazine rings is 1. The van der Waals surface area contributed by atoms with Gasteiger partial charge in [-0.2, -0.15) is 9.97 Å². The molecule has 17 heavy (non-hydrogen) atoms. The van der Waals surface area contributed by atoms with Crippen molar-refractivity contribution in [3.63, 3.8) is 0 Å². The zero-order valence-corrected chi connectivity index (χ0v) is 10.4. The molecule has 0 aromatic carbocycles. The molecule has 2 N–H and O–H groups in total. The van der Waals surface area contributed by atoms with Crippen molar-refractivity contribution in [3.8, 4) is 6.01 Å². The zero-order valence-electron chi connectivity index (χ0n) is 10.4. The highest BCUT2D eigenvalue weighted by Gasteiger charge is 2.16. The number of ether oxygens (including phenoxy) is 1. The molecule has 6 heteroatoms. The second kappa shape index (κ2) is 5.29. The molecular weight excluding hydrogens is 218 g/mol. The minimum absolute atomic E-state index is 0.391. The van der Waals surface area contributed by atoms with E-state index in [0.717, 1.165) is 37.7 Å². The zero-order chi connectivity index (χ0) is 12.3. The summed E-state index contributed by atoms with van der Waals surface area (Å²) >= 11 is 0. The molecule has 1 saturated heterocycles. The van der Waals surface area contributed by atoms with Crippen LogP contribution >= 0.6 is 0 Å². The maximum absolute atomic E-state index is 5.62. The molecule has 1 fully saturated rings. The average Bonchev–Trinajstić information content (AvgIpc) is 2.39. The Balaban J connectivity index is 2.19. The Morgan fingerprint density at radius 1 is 1.29 bits per heavy atom. The first-order valence-electron chi connectivity index (χ1n) is 5.78. The molecule has 1 aliphatic rings. The van der Waals surface area contributed by atoms with Gasteiger partial charge in [-0.3, -0.25) is 0 Å². The van der Waals surface area contributed by atoms with Crippen LogP contribution in [0.1, 0.15) is 5.69 Å². The Morgan fingerprint density at radius 2 is 2.00 bits per heavy atom. The fourth-order valence-corrected chi connectivity index (χ4v) is 1.85. The lowest BCUT2D eigenvalue weighted by Gasteiger charge is -2.33. The van der Waals surface area contributed by atoms with Crippen LogP contribution in [-0.2, 0) is 6.54 Å². The van der Waals surface area contributed by atoms with Gasteiger partial charge in [0.1, 0.15) is 5.82 Å². The molecular formula is C11H19N5O. The molecule has 1 aromatic rings. The maximum atomic E-state index is 5.62. The summed E-state index contributed by atoms with van der Waals surface area (Å²) in [7, 11) is 3.70. The first kappa shape index (κ1) is 12.1. The van der Waals surface area contributed by atoms with E-state index in [9.17, 15) is 0 Å². The van der Waals surface area contributed by atoms with Gasteiger partial charge in [0.25, 0.3) is 0 Å². The molecule has 2 heterocycles. The quantitative estimate of drug-likeness (QED) is 0.778. The number of nitrogens with two attached hydrogens (primary N) is 1. The minimum atomic E-state index is 0.391. The lowest BCUT2D eigenvalue weighted by atomic mass is 10.3. The molecule has 94 valence electrons. The van der Waals surface area contributed by atoms with Gasteiger partial charge in [-0.05, 0) is 7.05 Å². The standard InChI is InChI=1S/C11H19N5O/c1-15-3-5-16(6-4-15)10-7-9(8-12)13-11(14-10)17-2/h7H,3-6,8,12H2,1-2H3. The van der Waals surface area contributed by atoms with Crippen molar-refractivity contribution in [3.05, 3.63) is 11.8 Å². The van der Waals surface area contributed by atoms with Gasteiger partial charge in [-0.25, -0.2) is 0 Å². The van der Waals surface area contributed by atoms with E-state index in [1.807, 2.05) is 6.07 Å². The maximum Gasteiger partial charge on any atom is 0.318 e. The molecule has 1 aliphatic heterocycles. The largest absolute Gasteiger partial charge is 0.467 e. The van der Waals surface area contributed by atoms with E-state index in [2.05, 4.69) is 26.8 Å². The second-order valence-electron chi connectivity index (χ2n) is 4.20. The molecule has 0 amide bonds. The highest BCUT2D eigenvalue weighted by Crippen LogP contribution is 2.17. The van der Waals surface area contributed by atoms with Crippen molar-refractivity contribution < 1.29 is 4.74 Å². The predicted octanol–water partition coefficient (Wildman–Crippen LogP) is -0.304. The summed E-state index contributed by atoms with van der Waals surface area (Å²) in [6.07, 6.45) is 0. The van der Waals surface area contributed by atoms with E-state index in [-0.39, 0.29) is 0 Å². The summed E-state index contributed by atoms with van der Waals surface area (Å²) in [5, 5.41) is 0. The summed E-state index contributed by atoms with van der Waals surface area (Å²) in [4.78, 5) is 13.1. The average molecular weight is 237 g/mol. The Bertz CT molecular complexity index is 354. The molecule has 0 saturated carbocycles. The van der Waals surface area contributed by atoms with E-state index >= 15 is 0 Å². The van der Waals surface area contributed by atoms with Gasteiger partial charge in [0.15, 0.2) is 0 Å². The fourth-order valence-electron chi connectivity index (χ4n) is 1.85. The fraction of sp³-hybridized carbons (Fsp3) is 0.636. The number of anilines is 1. The van der Waals surface area contributed by atoms with E-state index < -0.39 is 0 Å². The van der Waals surface area contributed by atoms with Crippen LogP contribution in [0.3, 0.4) is 0 Å². The van der Waals surface area contributed by atoms with Crippen molar-refractivity contribution in [2.45, 2.75) is 6.54 Å². The molecule has 0 aliphatic carbocycles. The Morgan fingerprint density at radius 3 is 2.59 bits per heavy atom. The predicted molar refractivity (Wildman–Crippen MR) is 66.2 cm³/mol. The number of rotatable bonds is 3. The van der Waals surface area contributed by atoms with Crippen LogP contribution in [0.25, 0.3) is 0 Å². The number of methoxy groups -OCH3 is 1. The normalized spacial score (nSPS) is 17.2. The number of hydrogen-bond donors (Lipinski definition) is 1. The summed E-state index contributed by atoms with van der Waals surface area (Å²) in [6, 6.07) is 2.33. The van der Waals surface area contributed by atoms with Crippen LogP contribution < -0.4 is 15.4 Å². The van der Waals surface area contributed by atoms with E-state index in [4.69, 9.17) is 10.5 Å². The van der Waals surface area contributed by atoms with Gasteiger partial charge in [0.2, 0.25) is 0 Å². The molecule has 0 bridgehead atoms. The van der Waals surface area contributed by atoms with Crippen molar-refractivity contribution in [2.75, 3.05) is 45.2 Å². The van der Waals surface area contributed by atoms with Gasteiger partial charge in [0.05, 0.1) is 12.8 Å². The van der Waals surface area contributed by atoms with Crippen LogP contribution in [0.2, 0.25) is 0 Å². The first-order chi connectivity index (χ1) is 8.22. The smallest absolute Gasteiger partial charge is 0.318 e. The number of likely N-dealkylation sites (N-methyl/N-ethyl adjacent to an activating group) is 1. The van der Waals surface area contributed by atoms with E-state index in [0.29, 0.717) is 12.6 Å². The minimum Gasteiger partial charge on any atom is -0.467 e. The molecule has 1 aromatic heterocycles. The van der Waals surface area contributed by atoms with Crippen LogP contribution in [0.4, 0.5) is 5.82 Å². The van der Waals surface area contributed by atoms with Gasteiger partial charge in [-0.1, -0.05) is 0 Å². The Kier molecular flexibility index (Phi) is 3.75. The summed E-state index contributed by atoms with van der Waals surface area (Å²) in [6.45, 7) is 4.44. The summed E-state index contributed by atoms with van der Waals surface area (Å²) < 4.78 is 5.09.